The molecule has 0 spiro atoms. The maximum Gasteiger partial charge on any atom is 0.214 e. The smallest absolute Gasteiger partial charge is 0.214 e. The fourth-order valence-electron chi connectivity index (χ4n) is 3.02. The minimum Gasteiger partial charge on any atom is -0.367 e. The van der Waals surface area contributed by atoms with Crippen molar-refractivity contribution in [3.63, 3.8) is 0 Å². The van der Waals surface area contributed by atoms with Crippen LogP contribution in [-0.4, -0.2) is 11.0 Å². The van der Waals surface area contributed by atoms with E-state index in [2.05, 4.69) is 31.1 Å². The number of pyridine rings is 1. The summed E-state index contributed by atoms with van der Waals surface area (Å²) >= 11 is 0. The molecule has 0 aliphatic heterocycles. The third-order valence-corrected chi connectivity index (χ3v) is 3.93. The lowest BCUT2D eigenvalue weighted by Gasteiger charge is -2.41. The van der Waals surface area contributed by atoms with Crippen molar-refractivity contribution in [2.24, 2.45) is 11.3 Å². The largest absolute Gasteiger partial charge is 0.367 e. The summed E-state index contributed by atoms with van der Waals surface area (Å²) in [7, 11) is 0. The van der Waals surface area contributed by atoms with Gasteiger partial charge in [0.25, 0.3) is 0 Å². The second-order valence-corrected chi connectivity index (χ2v) is 6.35. The average molecular weight is 250 g/mol. The van der Waals surface area contributed by atoms with Crippen molar-refractivity contribution in [1.82, 2.24) is 4.98 Å². The van der Waals surface area contributed by atoms with Gasteiger partial charge in [0, 0.05) is 6.04 Å². The number of nitrogens with zero attached hydrogens (tertiary/aromatic N) is 1. The zero-order valence-electron chi connectivity index (χ0n) is 11.5. The van der Waals surface area contributed by atoms with Gasteiger partial charge in [-0.2, -0.15) is 4.39 Å². The van der Waals surface area contributed by atoms with E-state index < -0.39 is 5.95 Å². The van der Waals surface area contributed by atoms with Crippen molar-refractivity contribution >= 4 is 5.82 Å². The topological polar surface area (TPSA) is 24.9 Å². The fourth-order valence-corrected chi connectivity index (χ4v) is 3.02. The maximum atomic E-state index is 13.1. The molecule has 2 rings (SSSR count). The first kappa shape index (κ1) is 13.3. The van der Waals surface area contributed by atoms with Crippen LogP contribution in [-0.2, 0) is 0 Å². The molecule has 1 saturated carbocycles. The maximum absolute atomic E-state index is 13.1. The van der Waals surface area contributed by atoms with Crippen molar-refractivity contribution in [1.29, 1.82) is 0 Å². The van der Waals surface area contributed by atoms with Crippen LogP contribution in [0, 0.1) is 17.3 Å². The molecule has 0 radical (unpaired) electrons. The van der Waals surface area contributed by atoms with Gasteiger partial charge in [0.05, 0.1) is 0 Å². The van der Waals surface area contributed by atoms with Gasteiger partial charge in [-0.25, -0.2) is 4.98 Å². The molecule has 1 N–H and O–H groups in total. The van der Waals surface area contributed by atoms with E-state index in [4.69, 9.17) is 0 Å². The molecule has 2 unspecified atom stereocenters. The van der Waals surface area contributed by atoms with Crippen LogP contribution in [0.15, 0.2) is 18.2 Å². The molecule has 1 aromatic rings. The lowest BCUT2D eigenvalue weighted by Crippen LogP contribution is -2.40. The summed E-state index contributed by atoms with van der Waals surface area (Å²) in [4.78, 5) is 3.91. The normalized spacial score (nSPS) is 24.9. The van der Waals surface area contributed by atoms with Crippen LogP contribution >= 0.6 is 0 Å². The van der Waals surface area contributed by atoms with E-state index in [1.54, 1.807) is 6.07 Å². The highest BCUT2D eigenvalue weighted by molar-refractivity contribution is 5.35. The van der Waals surface area contributed by atoms with Gasteiger partial charge in [-0.1, -0.05) is 39.7 Å². The molecule has 0 amide bonds. The van der Waals surface area contributed by atoms with E-state index in [0.29, 0.717) is 17.8 Å². The molecular weight excluding hydrogens is 227 g/mol. The fraction of sp³-hybridized carbons (Fsp3) is 0.667. The van der Waals surface area contributed by atoms with Crippen LogP contribution in [0.25, 0.3) is 0 Å². The molecule has 1 fully saturated rings. The van der Waals surface area contributed by atoms with E-state index in [-0.39, 0.29) is 5.41 Å². The Labute approximate surface area is 109 Å². The molecule has 0 bridgehead atoms. The number of hydrogen-bond donors (Lipinski definition) is 1. The van der Waals surface area contributed by atoms with Crippen molar-refractivity contribution < 1.29 is 4.39 Å². The molecule has 0 aromatic carbocycles. The second kappa shape index (κ2) is 5.25. The lowest BCUT2D eigenvalue weighted by atomic mass is 9.69. The van der Waals surface area contributed by atoms with Gasteiger partial charge in [-0.3, -0.25) is 0 Å². The summed E-state index contributed by atoms with van der Waals surface area (Å²) in [5.41, 5.74) is 0.283. The number of aromatic nitrogens is 1. The molecule has 0 saturated heterocycles. The number of rotatable bonds is 2. The Kier molecular flexibility index (Phi) is 3.88. The van der Waals surface area contributed by atoms with Gasteiger partial charge >= 0.3 is 0 Å². The molecule has 1 aliphatic carbocycles. The second-order valence-electron chi connectivity index (χ2n) is 6.35. The van der Waals surface area contributed by atoms with Crippen LogP contribution in [0.1, 0.15) is 46.5 Å². The van der Waals surface area contributed by atoms with E-state index >= 15 is 0 Å². The summed E-state index contributed by atoms with van der Waals surface area (Å²) in [6.45, 7) is 6.87. The molecule has 18 heavy (non-hydrogen) atoms. The zero-order valence-corrected chi connectivity index (χ0v) is 11.5. The third kappa shape index (κ3) is 3.21. The van der Waals surface area contributed by atoms with Crippen molar-refractivity contribution in [3.05, 3.63) is 24.1 Å². The number of anilines is 1. The molecule has 100 valence electrons. The van der Waals surface area contributed by atoms with E-state index in [0.717, 1.165) is 6.42 Å². The summed E-state index contributed by atoms with van der Waals surface area (Å²) < 4.78 is 13.1. The van der Waals surface area contributed by atoms with Gasteiger partial charge in [-0.15, -0.1) is 0 Å². The van der Waals surface area contributed by atoms with E-state index in [1.807, 2.05) is 6.07 Å². The summed E-state index contributed by atoms with van der Waals surface area (Å²) in [6, 6.07) is 5.35. The highest BCUT2D eigenvalue weighted by Crippen LogP contribution is 2.39. The quantitative estimate of drug-likeness (QED) is 0.794. The van der Waals surface area contributed by atoms with Crippen molar-refractivity contribution in [2.75, 3.05) is 5.32 Å². The first-order valence-corrected chi connectivity index (χ1v) is 6.86. The van der Waals surface area contributed by atoms with Crippen LogP contribution in [0.5, 0.6) is 0 Å². The number of hydrogen-bond acceptors (Lipinski definition) is 2. The highest BCUT2D eigenvalue weighted by atomic mass is 19.1. The predicted octanol–water partition coefficient (Wildman–Crippen LogP) is 4.24. The minimum atomic E-state index is -0.414. The Morgan fingerprint density at radius 3 is 2.61 bits per heavy atom. The van der Waals surface area contributed by atoms with Crippen LogP contribution in [0.3, 0.4) is 0 Å². The molecule has 1 aliphatic rings. The Morgan fingerprint density at radius 1 is 1.22 bits per heavy atom. The van der Waals surface area contributed by atoms with Gasteiger partial charge < -0.3 is 5.32 Å². The Hall–Kier alpha value is -1.12. The predicted molar refractivity (Wildman–Crippen MR) is 73.0 cm³/mol. The first-order valence-electron chi connectivity index (χ1n) is 6.86. The van der Waals surface area contributed by atoms with Gasteiger partial charge in [0.15, 0.2) is 0 Å². The van der Waals surface area contributed by atoms with Crippen LogP contribution < -0.4 is 5.32 Å². The first-order chi connectivity index (χ1) is 8.47. The van der Waals surface area contributed by atoms with Crippen molar-refractivity contribution in [2.45, 2.75) is 52.5 Å². The molecule has 2 nitrogen and oxygen atoms in total. The number of nitrogens with one attached hydrogen (secondary N) is 1. The minimum absolute atomic E-state index is 0.283. The molecule has 1 heterocycles. The Balaban J connectivity index is 2.10. The standard InChI is InChI=1S/C15H23FN2/c1-15(2,3)11-7-4-5-8-12(11)17-14-10-6-9-13(16)18-14/h6,9-12H,4-5,7-8H2,1-3H3,(H,17,18). The van der Waals surface area contributed by atoms with Gasteiger partial charge in [-0.05, 0) is 36.3 Å². The molecule has 2 atom stereocenters. The van der Waals surface area contributed by atoms with Gasteiger partial charge in [0.1, 0.15) is 5.82 Å². The zero-order chi connectivity index (χ0) is 13.2. The van der Waals surface area contributed by atoms with Crippen molar-refractivity contribution in [3.8, 4) is 0 Å². The monoisotopic (exact) mass is 250 g/mol. The average Bonchev–Trinajstić information content (AvgIpc) is 2.28. The number of halogens is 1. The lowest BCUT2D eigenvalue weighted by molar-refractivity contribution is 0.162. The molecule has 3 heteroatoms. The van der Waals surface area contributed by atoms with E-state index in [1.165, 1.54) is 25.3 Å². The van der Waals surface area contributed by atoms with Crippen LogP contribution in [0.4, 0.5) is 10.2 Å². The van der Waals surface area contributed by atoms with Crippen LogP contribution in [0.2, 0.25) is 0 Å². The highest BCUT2D eigenvalue weighted by Gasteiger charge is 2.34. The Bertz CT molecular complexity index is 398. The van der Waals surface area contributed by atoms with E-state index in [9.17, 15) is 4.39 Å². The summed E-state index contributed by atoms with van der Waals surface area (Å²) in [5, 5.41) is 3.43. The SMILES string of the molecule is CC(C)(C)C1CCCCC1Nc1cccc(F)n1. The summed E-state index contributed by atoms with van der Waals surface area (Å²) in [5.74, 6) is 0.871. The molecule has 1 aromatic heterocycles. The molecular formula is C15H23FN2. The summed E-state index contributed by atoms with van der Waals surface area (Å²) in [6.07, 6.45) is 4.95. The third-order valence-electron chi connectivity index (χ3n) is 3.93. The van der Waals surface area contributed by atoms with Gasteiger partial charge in [0.2, 0.25) is 5.95 Å². The Morgan fingerprint density at radius 2 is 1.94 bits per heavy atom.